The highest BCUT2D eigenvalue weighted by Crippen LogP contribution is 2.29. The minimum atomic E-state index is -0.437. The zero-order valence-corrected chi connectivity index (χ0v) is 13.5. The lowest BCUT2D eigenvalue weighted by molar-refractivity contribution is -0.139. The summed E-state index contributed by atoms with van der Waals surface area (Å²) in [5, 5.41) is 0. The van der Waals surface area contributed by atoms with E-state index < -0.39 is 11.7 Å². The minimum Gasteiger partial charge on any atom is -0.338 e. The molecular formula is C17H23FN2O2. The lowest BCUT2D eigenvalue weighted by Gasteiger charge is -2.32. The van der Waals surface area contributed by atoms with E-state index in [9.17, 15) is 14.0 Å². The van der Waals surface area contributed by atoms with Crippen LogP contribution in [-0.2, 0) is 9.59 Å². The van der Waals surface area contributed by atoms with Crippen molar-refractivity contribution in [1.29, 1.82) is 0 Å². The SMILES string of the molecule is CC(C)N(C(=O)C1CC(=O)N(c2ccccc2F)C1)C(C)C. The van der Waals surface area contributed by atoms with Crippen LogP contribution >= 0.6 is 0 Å². The van der Waals surface area contributed by atoms with Crippen molar-refractivity contribution in [2.45, 2.75) is 46.2 Å². The lowest BCUT2D eigenvalue weighted by Crippen LogP contribution is -2.45. The standard InChI is InChI=1S/C17H23FN2O2/c1-11(2)20(12(3)4)17(22)13-9-16(21)19(10-13)15-8-6-5-7-14(15)18/h5-8,11-13H,9-10H2,1-4H3. The summed E-state index contributed by atoms with van der Waals surface area (Å²) in [5.41, 5.74) is 0.253. The molecule has 1 saturated heterocycles. The Morgan fingerprint density at radius 1 is 1.23 bits per heavy atom. The molecular weight excluding hydrogens is 283 g/mol. The third-order valence-electron chi connectivity index (χ3n) is 3.98. The van der Waals surface area contributed by atoms with Gasteiger partial charge in [0.05, 0.1) is 11.6 Å². The summed E-state index contributed by atoms with van der Waals surface area (Å²) in [5.74, 6) is -1.07. The van der Waals surface area contributed by atoms with Gasteiger partial charge in [0.2, 0.25) is 11.8 Å². The molecule has 1 aromatic carbocycles. The monoisotopic (exact) mass is 306 g/mol. The molecule has 0 spiro atoms. The lowest BCUT2D eigenvalue weighted by atomic mass is 10.0. The molecule has 2 amide bonds. The second kappa shape index (κ2) is 6.46. The maximum absolute atomic E-state index is 13.9. The summed E-state index contributed by atoms with van der Waals surface area (Å²) in [7, 11) is 0. The molecule has 1 aliphatic rings. The first-order valence-corrected chi connectivity index (χ1v) is 7.70. The van der Waals surface area contributed by atoms with Crippen molar-refractivity contribution in [2.75, 3.05) is 11.4 Å². The molecule has 0 radical (unpaired) electrons. The number of hydrogen-bond acceptors (Lipinski definition) is 2. The van der Waals surface area contributed by atoms with E-state index in [4.69, 9.17) is 0 Å². The van der Waals surface area contributed by atoms with Crippen LogP contribution in [0.15, 0.2) is 24.3 Å². The maximum atomic E-state index is 13.9. The molecule has 120 valence electrons. The smallest absolute Gasteiger partial charge is 0.228 e. The predicted molar refractivity (Wildman–Crippen MR) is 84.0 cm³/mol. The zero-order chi connectivity index (χ0) is 16.4. The second-order valence-corrected chi connectivity index (χ2v) is 6.29. The molecule has 22 heavy (non-hydrogen) atoms. The Hall–Kier alpha value is -1.91. The van der Waals surface area contributed by atoms with Crippen molar-refractivity contribution < 1.29 is 14.0 Å². The van der Waals surface area contributed by atoms with E-state index in [0.29, 0.717) is 0 Å². The van der Waals surface area contributed by atoms with Crippen molar-refractivity contribution in [3.63, 3.8) is 0 Å². The highest BCUT2D eigenvalue weighted by molar-refractivity contribution is 6.00. The molecule has 2 rings (SSSR count). The summed E-state index contributed by atoms with van der Waals surface area (Å²) < 4.78 is 13.9. The second-order valence-electron chi connectivity index (χ2n) is 6.29. The molecule has 1 aliphatic heterocycles. The Morgan fingerprint density at radius 3 is 2.36 bits per heavy atom. The van der Waals surface area contributed by atoms with Gasteiger partial charge in [-0.15, -0.1) is 0 Å². The topological polar surface area (TPSA) is 40.6 Å². The van der Waals surface area contributed by atoms with Gasteiger partial charge < -0.3 is 9.80 Å². The molecule has 1 aromatic rings. The van der Waals surface area contributed by atoms with Gasteiger partial charge in [-0.2, -0.15) is 0 Å². The first-order chi connectivity index (χ1) is 10.3. The normalized spacial score (nSPS) is 18.4. The average Bonchev–Trinajstić information content (AvgIpc) is 2.80. The van der Waals surface area contributed by atoms with Crippen LogP contribution in [0.3, 0.4) is 0 Å². The fourth-order valence-electron chi connectivity index (χ4n) is 3.09. The van der Waals surface area contributed by atoms with Crippen LogP contribution in [0, 0.1) is 11.7 Å². The number of nitrogens with zero attached hydrogens (tertiary/aromatic N) is 2. The largest absolute Gasteiger partial charge is 0.338 e. The number of carbonyl (C=O) groups excluding carboxylic acids is 2. The van der Waals surface area contributed by atoms with Crippen LogP contribution in [0.2, 0.25) is 0 Å². The third kappa shape index (κ3) is 3.13. The molecule has 0 bridgehead atoms. The van der Waals surface area contributed by atoms with Gasteiger partial charge in [0.1, 0.15) is 5.82 Å². The summed E-state index contributed by atoms with van der Waals surface area (Å²) in [6, 6.07) is 6.32. The Bertz CT molecular complexity index is 564. The number of hydrogen-bond donors (Lipinski definition) is 0. The third-order valence-corrected chi connectivity index (χ3v) is 3.98. The molecule has 0 N–H and O–H groups in total. The fourth-order valence-corrected chi connectivity index (χ4v) is 3.09. The van der Waals surface area contributed by atoms with Crippen molar-refractivity contribution >= 4 is 17.5 Å². The van der Waals surface area contributed by atoms with Crippen LogP contribution in [0.1, 0.15) is 34.1 Å². The first-order valence-electron chi connectivity index (χ1n) is 7.70. The molecule has 0 aromatic heterocycles. The van der Waals surface area contributed by atoms with E-state index in [2.05, 4.69) is 0 Å². The quantitative estimate of drug-likeness (QED) is 0.858. The van der Waals surface area contributed by atoms with Crippen LogP contribution in [0.25, 0.3) is 0 Å². The van der Waals surface area contributed by atoms with Crippen LogP contribution in [0.4, 0.5) is 10.1 Å². The van der Waals surface area contributed by atoms with Crippen LogP contribution < -0.4 is 4.90 Å². The van der Waals surface area contributed by atoms with Gasteiger partial charge >= 0.3 is 0 Å². The Kier molecular flexibility index (Phi) is 4.84. The molecule has 1 unspecified atom stereocenters. The zero-order valence-electron chi connectivity index (χ0n) is 13.5. The van der Waals surface area contributed by atoms with E-state index in [1.807, 2.05) is 27.7 Å². The number of amides is 2. The molecule has 0 saturated carbocycles. The van der Waals surface area contributed by atoms with E-state index in [1.54, 1.807) is 23.1 Å². The van der Waals surface area contributed by atoms with E-state index in [0.717, 1.165) is 0 Å². The highest BCUT2D eigenvalue weighted by atomic mass is 19.1. The van der Waals surface area contributed by atoms with Gasteiger partial charge in [0.15, 0.2) is 0 Å². The van der Waals surface area contributed by atoms with Gasteiger partial charge in [-0.3, -0.25) is 9.59 Å². The van der Waals surface area contributed by atoms with Crippen molar-refractivity contribution in [3.05, 3.63) is 30.1 Å². The first kappa shape index (κ1) is 16.5. The van der Waals surface area contributed by atoms with Gasteiger partial charge in [-0.25, -0.2) is 4.39 Å². The Labute approximate surface area is 130 Å². The average molecular weight is 306 g/mol. The molecule has 5 heteroatoms. The van der Waals surface area contributed by atoms with Gasteiger partial charge in [0.25, 0.3) is 0 Å². The summed E-state index contributed by atoms with van der Waals surface area (Å²) in [6.45, 7) is 8.09. The maximum Gasteiger partial charge on any atom is 0.228 e. The van der Waals surface area contributed by atoms with Gasteiger partial charge in [-0.1, -0.05) is 12.1 Å². The molecule has 1 heterocycles. The Morgan fingerprint density at radius 2 is 1.82 bits per heavy atom. The molecule has 4 nitrogen and oxygen atoms in total. The fraction of sp³-hybridized carbons (Fsp3) is 0.529. The van der Waals surface area contributed by atoms with E-state index in [1.165, 1.54) is 11.0 Å². The number of rotatable bonds is 4. The number of anilines is 1. The molecule has 1 fully saturated rings. The van der Waals surface area contributed by atoms with Crippen molar-refractivity contribution in [3.8, 4) is 0 Å². The number of carbonyl (C=O) groups is 2. The van der Waals surface area contributed by atoms with Crippen molar-refractivity contribution in [2.24, 2.45) is 5.92 Å². The molecule has 0 aliphatic carbocycles. The van der Waals surface area contributed by atoms with E-state index in [-0.39, 0.29) is 42.6 Å². The van der Waals surface area contributed by atoms with Gasteiger partial charge in [-0.05, 0) is 39.8 Å². The number of para-hydroxylation sites is 1. The summed E-state index contributed by atoms with van der Waals surface area (Å²) in [4.78, 5) is 28.1. The summed E-state index contributed by atoms with van der Waals surface area (Å²) >= 11 is 0. The molecule has 1 atom stereocenters. The van der Waals surface area contributed by atoms with E-state index >= 15 is 0 Å². The number of benzene rings is 1. The van der Waals surface area contributed by atoms with Crippen molar-refractivity contribution in [1.82, 2.24) is 4.90 Å². The van der Waals surface area contributed by atoms with Crippen LogP contribution in [0.5, 0.6) is 0 Å². The highest BCUT2D eigenvalue weighted by Gasteiger charge is 2.39. The predicted octanol–water partition coefficient (Wildman–Crippen LogP) is 2.82. The van der Waals surface area contributed by atoms with Gasteiger partial charge in [0, 0.05) is 25.0 Å². The number of halogens is 1. The Balaban J connectivity index is 2.19. The van der Waals surface area contributed by atoms with Crippen LogP contribution in [-0.4, -0.2) is 35.3 Å². The summed E-state index contributed by atoms with van der Waals surface area (Å²) in [6.07, 6.45) is 0.142. The minimum absolute atomic E-state index is 0.0304.